The minimum atomic E-state index is -0.500. The number of nitrogens with one attached hydrogen (secondary N) is 1. The number of amides is 1. The normalized spacial score (nSPS) is 11.7. The van der Waals surface area contributed by atoms with Gasteiger partial charge in [-0.3, -0.25) is 9.59 Å². The highest BCUT2D eigenvalue weighted by Crippen LogP contribution is 2.32. The highest BCUT2D eigenvalue weighted by atomic mass is 35.5. The first-order chi connectivity index (χ1) is 11.9. The molecule has 0 aliphatic rings. The number of thioether (sulfide) groups is 1. The third kappa shape index (κ3) is 5.66. The fraction of sp³-hybridized carbons (Fsp3) is 0.222. The van der Waals surface area contributed by atoms with Gasteiger partial charge in [-0.25, -0.2) is 0 Å². The number of ether oxygens (including phenoxy) is 1. The largest absolute Gasteiger partial charge is 0.455 e. The topological polar surface area (TPSA) is 55.4 Å². The zero-order valence-corrected chi connectivity index (χ0v) is 16.0. The van der Waals surface area contributed by atoms with Gasteiger partial charge in [0.05, 0.1) is 15.7 Å². The average Bonchev–Trinajstić information content (AvgIpc) is 2.60. The van der Waals surface area contributed by atoms with Gasteiger partial charge in [0.1, 0.15) is 5.25 Å². The van der Waals surface area contributed by atoms with E-state index in [4.69, 9.17) is 27.9 Å². The van der Waals surface area contributed by atoms with Crippen LogP contribution in [-0.4, -0.2) is 23.7 Å². The van der Waals surface area contributed by atoms with Crippen molar-refractivity contribution >= 4 is 52.5 Å². The number of aryl methyl sites for hydroxylation is 1. The molecular formula is C18H17Cl2NO3S. The molecule has 2 aromatic carbocycles. The van der Waals surface area contributed by atoms with Crippen LogP contribution in [0, 0.1) is 6.92 Å². The second-order valence-corrected chi connectivity index (χ2v) is 7.48. The standard InChI is InChI=1S/C18H17Cl2NO3S/c1-11-8-9-14(19)17(16(11)20)21-15(22)10-24-18(23)12(2)25-13-6-4-3-5-7-13/h3-9,12H,10H2,1-2H3,(H,21,22)/t12-/m1/s1. The molecule has 1 atom stereocenters. The summed E-state index contributed by atoms with van der Waals surface area (Å²) in [6.07, 6.45) is 0. The van der Waals surface area contributed by atoms with E-state index in [1.807, 2.05) is 30.3 Å². The molecule has 0 fully saturated rings. The number of esters is 1. The first-order valence-corrected chi connectivity index (χ1v) is 9.15. The molecule has 0 aliphatic carbocycles. The first kappa shape index (κ1) is 19.6. The van der Waals surface area contributed by atoms with Gasteiger partial charge in [0.15, 0.2) is 6.61 Å². The summed E-state index contributed by atoms with van der Waals surface area (Å²) in [6, 6.07) is 12.9. The molecular weight excluding hydrogens is 381 g/mol. The predicted octanol–water partition coefficient (Wildman–Crippen LogP) is 4.96. The average molecular weight is 398 g/mol. The number of carbonyl (C=O) groups excluding carboxylic acids is 2. The van der Waals surface area contributed by atoms with Gasteiger partial charge in [-0.2, -0.15) is 0 Å². The molecule has 0 heterocycles. The molecule has 0 bridgehead atoms. The third-order valence-electron chi connectivity index (χ3n) is 3.28. The molecule has 132 valence electrons. The van der Waals surface area contributed by atoms with Crippen molar-refractivity contribution in [1.29, 1.82) is 0 Å². The van der Waals surface area contributed by atoms with Crippen molar-refractivity contribution in [3.63, 3.8) is 0 Å². The van der Waals surface area contributed by atoms with E-state index in [1.165, 1.54) is 11.8 Å². The van der Waals surface area contributed by atoms with Crippen molar-refractivity contribution in [2.75, 3.05) is 11.9 Å². The van der Waals surface area contributed by atoms with Gasteiger partial charge in [0, 0.05) is 4.90 Å². The Kier molecular flexibility index (Phi) is 7.17. The van der Waals surface area contributed by atoms with E-state index in [9.17, 15) is 9.59 Å². The Morgan fingerprint density at radius 1 is 1.16 bits per heavy atom. The first-order valence-electron chi connectivity index (χ1n) is 7.51. The Morgan fingerprint density at radius 3 is 2.52 bits per heavy atom. The van der Waals surface area contributed by atoms with Gasteiger partial charge in [-0.1, -0.05) is 47.5 Å². The van der Waals surface area contributed by atoms with E-state index in [-0.39, 0.29) is 0 Å². The lowest BCUT2D eigenvalue weighted by Gasteiger charge is -2.13. The summed E-state index contributed by atoms with van der Waals surface area (Å²) in [5, 5.41) is 2.83. The highest BCUT2D eigenvalue weighted by Gasteiger charge is 2.18. The van der Waals surface area contributed by atoms with Crippen LogP contribution < -0.4 is 5.32 Å². The zero-order valence-electron chi connectivity index (χ0n) is 13.7. The molecule has 0 radical (unpaired) electrons. The van der Waals surface area contributed by atoms with E-state index in [1.54, 1.807) is 26.0 Å². The molecule has 2 rings (SSSR count). The second-order valence-electron chi connectivity index (χ2n) is 5.28. The SMILES string of the molecule is Cc1ccc(Cl)c(NC(=O)COC(=O)[C@@H](C)Sc2ccccc2)c1Cl. The molecule has 0 unspecified atom stereocenters. The van der Waals surface area contributed by atoms with E-state index in [0.717, 1.165) is 10.5 Å². The van der Waals surface area contributed by atoms with Gasteiger partial charge in [-0.05, 0) is 37.6 Å². The molecule has 0 aliphatic heterocycles. The minimum absolute atomic E-state index is 0.316. The van der Waals surface area contributed by atoms with Gasteiger partial charge in [0.2, 0.25) is 0 Å². The maximum Gasteiger partial charge on any atom is 0.319 e. The predicted molar refractivity (Wildman–Crippen MR) is 103 cm³/mol. The van der Waals surface area contributed by atoms with Crippen molar-refractivity contribution < 1.29 is 14.3 Å². The smallest absolute Gasteiger partial charge is 0.319 e. The zero-order chi connectivity index (χ0) is 18.4. The summed E-state index contributed by atoms with van der Waals surface area (Å²) in [7, 11) is 0. The third-order valence-corrected chi connectivity index (χ3v) is 5.17. The van der Waals surface area contributed by atoms with Gasteiger partial charge in [0.25, 0.3) is 5.91 Å². The van der Waals surface area contributed by atoms with Crippen LogP contribution in [0.5, 0.6) is 0 Å². The number of anilines is 1. The summed E-state index contributed by atoms with van der Waals surface area (Å²) in [6.45, 7) is 3.13. The number of rotatable bonds is 6. The monoisotopic (exact) mass is 397 g/mol. The molecule has 7 heteroatoms. The van der Waals surface area contributed by atoms with E-state index in [2.05, 4.69) is 5.32 Å². The molecule has 0 aromatic heterocycles. The molecule has 0 saturated heterocycles. The maximum absolute atomic E-state index is 12.0. The fourth-order valence-corrected chi connectivity index (χ4v) is 3.30. The number of hydrogen-bond acceptors (Lipinski definition) is 4. The Morgan fingerprint density at radius 2 is 1.84 bits per heavy atom. The number of hydrogen-bond donors (Lipinski definition) is 1. The number of carbonyl (C=O) groups is 2. The highest BCUT2D eigenvalue weighted by molar-refractivity contribution is 8.00. The Bertz CT molecular complexity index is 768. The summed E-state index contributed by atoms with van der Waals surface area (Å²) in [5.74, 6) is -0.967. The van der Waals surface area contributed by atoms with Crippen molar-refractivity contribution in [3.05, 3.63) is 58.1 Å². The number of halogens is 2. The van der Waals surface area contributed by atoms with E-state index >= 15 is 0 Å². The molecule has 4 nitrogen and oxygen atoms in total. The van der Waals surface area contributed by atoms with Gasteiger partial charge < -0.3 is 10.1 Å². The van der Waals surface area contributed by atoms with Crippen molar-refractivity contribution in [2.45, 2.75) is 24.0 Å². The maximum atomic E-state index is 12.0. The number of benzene rings is 2. The van der Waals surface area contributed by atoms with Gasteiger partial charge in [-0.15, -0.1) is 11.8 Å². The van der Waals surface area contributed by atoms with Crippen LogP contribution in [0.3, 0.4) is 0 Å². The van der Waals surface area contributed by atoms with Gasteiger partial charge >= 0.3 is 5.97 Å². The van der Waals surface area contributed by atoms with Crippen molar-refractivity contribution in [3.8, 4) is 0 Å². The quantitative estimate of drug-likeness (QED) is 0.552. The van der Waals surface area contributed by atoms with Crippen LogP contribution in [0.15, 0.2) is 47.4 Å². The Balaban J connectivity index is 1.87. The van der Waals surface area contributed by atoms with Crippen LogP contribution in [-0.2, 0) is 14.3 Å². The Labute approximate surface area is 160 Å². The molecule has 1 N–H and O–H groups in total. The summed E-state index contributed by atoms with van der Waals surface area (Å²) >= 11 is 13.5. The lowest BCUT2D eigenvalue weighted by atomic mass is 10.2. The lowest BCUT2D eigenvalue weighted by molar-refractivity contribution is -0.146. The lowest BCUT2D eigenvalue weighted by Crippen LogP contribution is -2.25. The fourth-order valence-electron chi connectivity index (χ4n) is 1.95. The van der Waals surface area contributed by atoms with Crippen LogP contribution in [0.2, 0.25) is 10.0 Å². The molecule has 2 aromatic rings. The van der Waals surface area contributed by atoms with E-state index in [0.29, 0.717) is 15.7 Å². The molecule has 1 amide bonds. The van der Waals surface area contributed by atoms with E-state index < -0.39 is 23.7 Å². The van der Waals surface area contributed by atoms with Crippen molar-refractivity contribution in [1.82, 2.24) is 0 Å². The molecule has 0 saturated carbocycles. The van der Waals surface area contributed by atoms with Crippen LogP contribution in [0.1, 0.15) is 12.5 Å². The van der Waals surface area contributed by atoms with Crippen molar-refractivity contribution in [2.24, 2.45) is 0 Å². The molecule has 0 spiro atoms. The summed E-state index contributed by atoms with van der Waals surface area (Å²) < 4.78 is 5.06. The Hall–Kier alpha value is -1.69. The summed E-state index contributed by atoms with van der Waals surface area (Å²) in [4.78, 5) is 25.0. The molecule has 25 heavy (non-hydrogen) atoms. The van der Waals surface area contributed by atoms with Crippen LogP contribution >= 0.6 is 35.0 Å². The van der Waals surface area contributed by atoms with Crippen LogP contribution in [0.4, 0.5) is 5.69 Å². The van der Waals surface area contributed by atoms with Crippen LogP contribution in [0.25, 0.3) is 0 Å². The summed E-state index contributed by atoms with van der Waals surface area (Å²) in [5.41, 5.74) is 1.10. The minimum Gasteiger partial charge on any atom is -0.455 e. The second kappa shape index (κ2) is 9.13.